The second kappa shape index (κ2) is 8.16. The Hall–Kier alpha value is -1.80. The second-order valence-electron chi connectivity index (χ2n) is 4.80. The molecule has 23 heavy (non-hydrogen) atoms. The lowest BCUT2D eigenvalue weighted by Gasteiger charge is -2.20. The number of nitrogens with zero attached hydrogens (tertiary/aromatic N) is 2. The van der Waals surface area contributed by atoms with E-state index in [0.717, 1.165) is 15.7 Å². The number of aromatic nitrogens is 2. The van der Waals surface area contributed by atoms with Crippen molar-refractivity contribution < 1.29 is 14.3 Å². The quantitative estimate of drug-likeness (QED) is 0.772. The molecule has 2 rings (SSSR count). The van der Waals surface area contributed by atoms with Gasteiger partial charge in [-0.2, -0.15) is 0 Å². The summed E-state index contributed by atoms with van der Waals surface area (Å²) in [5.74, 6) is 1.36. The van der Waals surface area contributed by atoms with E-state index in [9.17, 15) is 4.79 Å². The molecule has 2 aromatic rings. The Kier molecular flexibility index (Phi) is 6.23. The predicted octanol–water partition coefficient (Wildman–Crippen LogP) is 2.91. The lowest BCUT2D eigenvalue weighted by molar-refractivity contribution is -0.120. The Morgan fingerprint density at radius 3 is 2.70 bits per heavy atom. The number of nitrogens with one attached hydrogen (secondary N) is 1. The van der Waals surface area contributed by atoms with Gasteiger partial charge >= 0.3 is 0 Å². The van der Waals surface area contributed by atoms with Crippen LogP contribution in [0.1, 0.15) is 25.5 Å². The number of rotatable bonds is 7. The van der Waals surface area contributed by atoms with Crippen LogP contribution < -0.4 is 14.8 Å². The summed E-state index contributed by atoms with van der Waals surface area (Å²) in [5.41, 5.74) is 2.52. The molecular weight excluding hydrogens is 334 g/mol. The molecule has 0 aliphatic carbocycles. The maximum atomic E-state index is 12.4. The number of methoxy groups -OCH3 is 2. The molecule has 0 saturated carbocycles. The van der Waals surface area contributed by atoms with Gasteiger partial charge in [-0.1, -0.05) is 23.1 Å². The fraction of sp³-hybridized carbons (Fsp3) is 0.400. The highest BCUT2D eigenvalue weighted by molar-refractivity contribution is 8.02. The second-order valence-corrected chi connectivity index (χ2v) is 7.22. The molecule has 1 heterocycles. The van der Waals surface area contributed by atoms with Crippen molar-refractivity contribution in [2.75, 3.05) is 14.2 Å². The number of benzene rings is 1. The molecule has 124 valence electrons. The van der Waals surface area contributed by atoms with Gasteiger partial charge in [-0.05, 0) is 32.0 Å². The van der Waals surface area contributed by atoms with Gasteiger partial charge < -0.3 is 14.8 Å². The first kappa shape index (κ1) is 17.6. The number of hydrogen-bond donors (Lipinski definition) is 1. The zero-order chi connectivity index (χ0) is 16.8. The molecule has 0 fully saturated rings. The Labute approximate surface area is 143 Å². The molecule has 0 radical (unpaired) electrons. The van der Waals surface area contributed by atoms with Crippen LogP contribution >= 0.6 is 23.1 Å². The maximum Gasteiger partial charge on any atom is 0.233 e. The Bertz CT molecular complexity index is 649. The first-order valence-electron chi connectivity index (χ1n) is 7.00. The number of hydrogen-bond acceptors (Lipinski definition) is 7. The summed E-state index contributed by atoms with van der Waals surface area (Å²) in [7, 11) is 3.21. The molecule has 0 aliphatic rings. The molecule has 8 heteroatoms. The molecule has 0 spiro atoms. The first-order chi connectivity index (χ1) is 11.0. The van der Waals surface area contributed by atoms with Crippen LogP contribution in [0.25, 0.3) is 0 Å². The molecule has 0 bridgehead atoms. The lowest BCUT2D eigenvalue weighted by atomic mass is 10.1. The summed E-state index contributed by atoms with van der Waals surface area (Å²) in [5, 5.41) is 10.4. The van der Waals surface area contributed by atoms with Crippen LogP contribution in [0.15, 0.2) is 28.0 Å². The number of amides is 1. The molecule has 1 amide bonds. The van der Waals surface area contributed by atoms with Crippen molar-refractivity contribution in [1.82, 2.24) is 15.5 Å². The van der Waals surface area contributed by atoms with E-state index in [1.807, 2.05) is 32.0 Å². The van der Waals surface area contributed by atoms with Crippen molar-refractivity contribution in [3.8, 4) is 11.5 Å². The number of carbonyl (C=O) groups excluding carboxylic acids is 1. The fourth-order valence-electron chi connectivity index (χ4n) is 2.01. The average Bonchev–Trinajstić information content (AvgIpc) is 3.06. The van der Waals surface area contributed by atoms with Crippen molar-refractivity contribution in [1.29, 1.82) is 0 Å². The van der Waals surface area contributed by atoms with E-state index in [0.29, 0.717) is 5.75 Å². The maximum absolute atomic E-state index is 12.4. The van der Waals surface area contributed by atoms with Gasteiger partial charge in [-0.15, -0.1) is 10.2 Å². The monoisotopic (exact) mass is 353 g/mol. The summed E-state index contributed by atoms with van der Waals surface area (Å²) in [4.78, 5) is 12.4. The molecule has 2 atom stereocenters. The Balaban J connectivity index is 2.05. The minimum absolute atomic E-state index is 0.0671. The molecule has 0 aliphatic heterocycles. The van der Waals surface area contributed by atoms with Crippen LogP contribution in [0.3, 0.4) is 0 Å². The van der Waals surface area contributed by atoms with E-state index in [1.54, 1.807) is 19.7 Å². The van der Waals surface area contributed by atoms with Gasteiger partial charge in [0.2, 0.25) is 5.91 Å². The molecule has 1 aromatic heterocycles. The minimum Gasteiger partial charge on any atom is -0.497 e. The van der Waals surface area contributed by atoms with E-state index >= 15 is 0 Å². The smallest absolute Gasteiger partial charge is 0.233 e. The van der Waals surface area contributed by atoms with E-state index in [1.165, 1.54) is 23.1 Å². The summed E-state index contributed by atoms with van der Waals surface area (Å²) < 4.78 is 11.4. The summed E-state index contributed by atoms with van der Waals surface area (Å²) >= 11 is 2.81. The molecule has 6 nitrogen and oxygen atoms in total. The van der Waals surface area contributed by atoms with Crippen LogP contribution in [0.5, 0.6) is 11.5 Å². The van der Waals surface area contributed by atoms with Crippen LogP contribution in [0, 0.1) is 0 Å². The highest BCUT2D eigenvalue weighted by Gasteiger charge is 2.20. The average molecular weight is 353 g/mol. The van der Waals surface area contributed by atoms with Gasteiger partial charge in [0, 0.05) is 5.56 Å². The molecule has 1 aromatic carbocycles. The van der Waals surface area contributed by atoms with Gasteiger partial charge in [-0.3, -0.25) is 4.79 Å². The molecule has 1 N–H and O–H groups in total. The zero-order valence-corrected chi connectivity index (χ0v) is 15.0. The van der Waals surface area contributed by atoms with Crippen molar-refractivity contribution in [2.45, 2.75) is 29.5 Å². The van der Waals surface area contributed by atoms with E-state index < -0.39 is 0 Å². The van der Waals surface area contributed by atoms with E-state index in [2.05, 4.69) is 15.5 Å². The fourth-order valence-corrected chi connectivity index (χ4v) is 3.64. The molecular formula is C15H19N3O3S2. The summed E-state index contributed by atoms with van der Waals surface area (Å²) in [6, 6.07) is 5.32. The first-order valence-corrected chi connectivity index (χ1v) is 8.76. The van der Waals surface area contributed by atoms with Crippen molar-refractivity contribution >= 4 is 29.0 Å². The standard InChI is InChI=1S/C15H19N3O3S2/c1-9(12-7-11(20-3)5-6-13(12)21-4)17-14(19)10(2)23-15-18-16-8-22-15/h5-10H,1-4H3,(H,17,19). The third-order valence-electron chi connectivity index (χ3n) is 3.25. The summed E-state index contributed by atoms with van der Waals surface area (Å²) in [6.45, 7) is 3.76. The normalized spacial score (nSPS) is 13.2. The number of carbonyl (C=O) groups is 1. The minimum atomic E-state index is -0.262. The third kappa shape index (κ3) is 4.59. The third-order valence-corrected chi connectivity index (χ3v) is 5.16. The predicted molar refractivity (Wildman–Crippen MR) is 91.3 cm³/mol. The van der Waals surface area contributed by atoms with Gasteiger partial charge in [0.05, 0.1) is 25.5 Å². The van der Waals surface area contributed by atoms with Crippen molar-refractivity contribution in [3.05, 3.63) is 29.3 Å². The summed E-state index contributed by atoms with van der Waals surface area (Å²) in [6.07, 6.45) is 0. The van der Waals surface area contributed by atoms with Gasteiger partial charge in [0.25, 0.3) is 0 Å². The van der Waals surface area contributed by atoms with Crippen LogP contribution in [-0.2, 0) is 4.79 Å². The van der Waals surface area contributed by atoms with E-state index in [-0.39, 0.29) is 17.2 Å². The Morgan fingerprint density at radius 1 is 1.30 bits per heavy atom. The van der Waals surface area contributed by atoms with Crippen LogP contribution in [-0.4, -0.2) is 35.6 Å². The Morgan fingerprint density at radius 2 is 2.09 bits per heavy atom. The highest BCUT2D eigenvalue weighted by Crippen LogP contribution is 2.30. The van der Waals surface area contributed by atoms with Gasteiger partial charge in [0.1, 0.15) is 17.0 Å². The number of thioether (sulfide) groups is 1. The lowest BCUT2D eigenvalue weighted by Crippen LogP contribution is -2.33. The van der Waals surface area contributed by atoms with Crippen LogP contribution in [0.4, 0.5) is 0 Å². The van der Waals surface area contributed by atoms with Gasteiger partial charge in [0.15, 0.2) is 4.34 Å². The zero-order valence-electron chi connectivity index (χ0n) is 13.4. The van der Waals surface area contributed by atoms with Crippen molar-refractivity contribution in [3.63, 3.8) is 0 Å². The molecule has 0 saturated heterocycles. The topological polar surface area (TPSA) is 73.3 Å². The van der Waals surface area contributed by atoms with Gasteiger partial charge in [-0.25, -0.2) is 0 Å². The molecule has 2 unspecified atom stereocenters. The van der Waals surface area contributed by atoms with Crippen LogP contribution in [0.2, 0.25) is 0 Å². The largest absolute Gasteiger partial charge is 0.497 e. The SMILES string of the molecule is COc1ccc(OC)c(C(C)NC(=O)C(C)Sc2nncs2)c1. The number of ether oxygens (including phenoxy) is 2. The van der Waals surface area contributed by atoms with Crippen molar-refractivity contribution in [2.24, 2.45) is 0 Å². The highest BCUT2D eigenvalue weighted by atomic mass is 32.2. The van der Waals surface area contributed by atoms with E-state index in [4.69, 9.17) is 9.47 Å².